The summed E-state index contributed by atoms with van der Waals surface area (Å²) < 4.78 is 0. The van der Waals surface area contributed by atoms with Crippen molar-refractivity contribution in [2.45, 2.75) is 26.3 Å². The molecule has 20 heavy (non-hydrogen) atoms. The number of nitrogens with two attached hydrogens (primary N) is 1. The van der Waals surface area contributed by atoms with Crippen molar-refractivity contribution in [3.05, 3.63) is 59.2 Å². The van der Waals surface area contributed by atoms with Crippen LogP contribution < -0.4 is 5.73 Å². The molecule has 2 aromatic carbocycles. The Hall–Kier alpha value is -2.13. The Kier molecular flexibility index (Phi) is 4.20. The van der Waals surface area contributed by atoms with Crippen LogP contribution in [0.15, 0.2) is 42.5 Å². The summed E-state index contributed by atoms with van der Waals surface area (Å²) in [5.41, 5.74) is 11.2. The molecule has 0 aromatic heterocycles. The summed E-state index contributed by atoms with van der Waals surface area (Å²) in [4.78, 5) is 10.7. The van der Waals surface area contributed by atoms with Gasteiger partial charge < -0.3 is 10.8 Å². The normalized spacial score (nSPS) is 12.2. The van der Waals surface area contributed by atoms with Crippen LogP contribution in [-0.2, 0) is 11.2 Å². The fourth-order valence-electron chi connectivity index (χ4n) is 2.32. The van der Waals surface area contributed by atoms with E-state index in [0.29, 0.717) is 6.42 Å². The largest absolute Gasteiger partial charge is 0.480 e. The molecule has 0 bridgehead atoms. The van der Waals surface area contributed by atoms with E-state index in [4.69, 9.17) is 10.8 Å². The van der Waals surface area contributed by atoms with Gasteiger partial charge in [-0.3, -0.25) is 4.79 Å². The smallest absolute Gasteiger partial charge is 0.320 e. The summed E-state index contributed by atoms with van der Waals surface area (Å²) in [5, 5.41) is 8.81. The maximum absolute atomic E-state index is 10.7. The van der Waals surface area contributed by atoms with Gasteiger partial charge in [-0.05, 0) is 37.0 Å². The van der Waals surface area contributed by atoms with E-state index in [1.54, 1.807) is 0 Å². The highest BCUT2D eigenvalue weighted by Gasteiger charge is 2.11. The Morgan fingerprint density at radius 2 is 1.60 bits per heavy atom. The predicted molar refractivity (Wildman–Crippen MR) is 80.7 cm³/mol. The SMILES string of the molecule is Cc1cc(C)cc(-c2ccc(C[C@H](N)C(=O)O)cc2)c1. The number of carboxylic acids is 1. The monoisotopic (exact) mass is 269 g/mol. The highest BCUT2D eigenvalue weighted by Crippen LogP contribution is 2.22. The van der Waals surface area contributed by atoms with Gasteiger partial charge in [-0.1, -0.05) is 53.6 Å². The summed E-state index contributed by atoms with van der Waals surface area (Å²) in [5.74, 6) is -0.969. The topological polar surface area (TPSA) is 63.3 Å². The van der Waals surface area contributed by atoms with E-state index < -0.39 is 12.0 Å². The van der Waals surface area contributed by atoms with Crippen molar-refractivity contribution < 1.29 is 9.90 Å². The van der Waals surface area contributed by atoms with Crippen LogP contribution in [0.5, 0.6) is 0 Å². The van der Waals surface area contributed by atoms with Crippen LogP contribution in [0.2, 0.25) is 0 Å². The summed E-state index contributed by atoms with van der Waals surface area (Å²) in [6.07, 6.45) is 0.350. The molecule has 0 saturated heterocycles. The van der Waals surface area contributed by atoms with Crippen LogP contribution in [0.4, 0.5) is 0 Å². The number of carbonyl (C=O) groups is 1. The Labute approximate surface area is 119 Å². The lowest BCUT2D eigenvalue weighted by Crippen LogP contribution is -2.32. The van der Waals surface area contributed by atoms with Crippen molar-refractivity contribution in [1.29, 1.82) is 0 Å². The van der Waals surface area contributed by atoms with Crippen LogP contribution in [0.25, 0.3) is 11.1 Å². The number of aliphatic carboxylic acids is 1. The van der Waals surface area contributed by atoms with Gasteiger partial charge in [-0.2, -0.15) is 0 Å². The summed E-state index contributed by atoms with van der Waals surface area (Å²) >= 11 is 0. The quantitative estimate of drug-likeness (QED) is 0.897. The minimum atomic E-state index is -0.969. The average Bonchev–Trinajstić information content (AvgIpc) is 2.38. The average molecular weight is 269 g/mol. The Morgan fingerprint density at radius 3 is 2.10 bits per heavy atom. The summed E-state index contributed by atoms with van der Waals surface area (Å²) in [6, 6.07) is 13.5. The van der Waals surface area contributed by atoms with Crippen LogP contribution in [0.1, 0.15) is 16.7 Å². The molecule has 0 fully saturated rings. The molecule has 0 radical (unpaired) electrons. The molecule has 1 atom stereocenters. The second kappa shape index (κ2) is 5.88. The highest BCUT2D eigenvalue weighted by molar-refractivity contribution is 5.73. The second-order valence-corrected chi connectivity index (χ2v) is 5.22. The highest BCUT2D eigenvalue weighted by atomic mass is 16.4. The molecule has 0 heterocycles. The van der Waals surface area contributed by atoms with E-state index in [9.17, 15) is 4.79 Å². The van der Waals surface area contributed by atoms with Crippen LogP contribution >= 0.6 is 0 Å². The molecule has 0 spiro atoms. The molecule has 0 saturated carbocycles. The lowest BCUT2D eigenvalue weighted by molar-refractivity contribution is -0.138. The molecular weight excluding hydrogens is 250 g/mol. The van der Waals surface area contributed by atoms with Gasteiger partial charge in [0.05, 0.1) is 0 Å². The van der Waals surface area contributed by atoms with Gasteiger partial charge in [0.2, 0.25) is 0 Å². The summed E-state index contributed by atoms with van der Waals surface area (Å²) in [7, 11) is 0. The van der Waals surface area contributed by atoms with Crippen molar-refractivity contribution in [3.63, 3.8) is 0 Å². The first-order valence-electron chi connectivity index (χ1n) is 6.61. The first-order chi connectivity index (χ1) is 9.45. The third kappa shape index (κ3) is 3.45. The van der Waals surface area contributed by atoms with Crippen molar-refractivity contribution in [2.24, 2.45) is 5.73 Å². The zero-order valence-corrected chi connectivity index (χ0v) is 11.8. The third-order valence-corrected chi connectivity index (χ3v) is 3.28. The number of hydrogen-bond donors (Lipinski definition) is 2. The van der Waals surface area contributed by atoms with Gasteiger partial charge in [0.15, 0.2) is 0 Å². The van der Waals surface area contributed by atoms with Gasteiger partial charge >= 0.3 is 5.97 Å². The molecule has 3 N–H and O–H groups in total. The fraction of sp³-hybridized carbons (Fsp3) is 0.235. The Bertz CT molecular complexity index is 597. The number of aryl methyl sites for hydroxylation is 2. The standard InChI is InChI=1S/C17H19NO2/c1-11-7-12(2)9-15(8-11)14-5-3-13(4-6-14)10-16(18)17(19)20/h3-9,16H,10,18H2,1-2H3,(H,19,20)/t16-/m0/s1. The van der Waals surface area contributed by atoms with Gasteiger partial charge in [-0.15, -0.1) is 0 Å². The molecule has 3 nitrogen and oxygen atoms in total. The van der Waals surface area contributed by atoms with Gasteiger partial charge in [0.1, 0.15) is 6.04 Å². The maximum Gasteiger partial charge on any atom is 0.320 e. The molecule has 0 aliphatic carbocycles. The van der Waals surface area contributed by atoms with E-state index in [2.05, 4.69) is 32.0 Å². The summed E-state index contributed by atoms with van der Waals surface area (Å²) in [6.45, 7) is 4.16. The second-order valence-electron chi connectivity index (χ2n) is 5.22. The fourth-order valence-corrected chi connectivity index (χ4v) is 2.32. The van der Waals surface area contributed by atoms with Gasteiger partial charge in [0, 0.05) is 0 Å². The molecule has 0 amide bonds. The minimum absolute atomic E-state index is 0.350. The van der Waals surface area contributed by atoms with E-state index >= 15 is 0 Å². The molecule has 104 valence electrons. The maximum atomic E-state index is 10.7. The van der Waals surface area contributed by atoms with Crippen LogP contribution in [0, 0.1) is 13.8 Å². The number of rotatable bonds is 4. The van der Waals surface area contributed by atoms with Crippen molar-refractivity contribution in [1.82, 2.24) is 0 Å². The van der Waals surface area contributed by atoms with Crippen LogP contribution in [-0.4, -0.2) is 17.1 Å². The van der Waals surface area contributed by atoms with E-state index in [0.717, 1.165) is 11.1 Å². The number of carboxylic acid groups (broad SMARTS) is 1. The van der Waals surface area contributed by atoms with Crippen molar-refractivity contribution in [2.75, 3.05) is 0 Å². The number of hydrogen-bond acceptors (Lipinski definition) is 2. The third-order valence-electron chi connectivity index (χ3n) is 3.28. The molecule has 2 aromatic rings. The van der Waals surface area contributed by atoms with E-state index in [1.807, 2.05) is 24.3 Å². The molecule has 2 rings (SSSR count). The van der Waals surface area contributed by atoms with E-state index in [1.165, 1.54) is 16.7 Å². The minimum Gasteiger partial charge on any atom is -0.480 e. The zero-order valence-electron chi connectivity index (χ0n) is 11.8. The van der Waals surface area contributed by atoms with Crippen molar-refractivity contribution in [3.8, 4) is 11.1 Å². The Morgan fingerprint density at radius 1 is 1.05 bits per heavy atom. The molecule has 0 aliphatic heterocycles. The first-order valence-corrected chi connectivity index (χ1v) is 6.61. The van der Waals surface area contributed by atoms with Crippen LogP contribution in [0.3, 0.4) is 0 Å². The molecule has 0 aliphatic rings. The van der Waals surface area contributed by atoms with E-state index in [-0.39, 0.29) is 0 Å². The van der Waals surface area contributed by atoms with Crippen molar-refractivity contribution >= 4 is 5.97 Å². The Balaban J connectivity index is 2.21. The zero-order chi connectivity index (χ0) is 14.7. The molecular formula is C17H19NO2. The van der Waals surface area contributed by atoms with Gasteiger partial charge in [0.25, 0.3) is 0 Å². The van der Waals surface area contributed by atoms with Gasteiger partial charge in [-0.25, -0.2) is 0 Å². The molecule has 3 heteroatoms. The lowest BCUT2D eigenvalue weighted by atomic mass is 9.98. The lowest BCUT2D eigenvalue weighted by Gasteiger charge is -2.09. The number of benzene rings is 2. The predicted octanol–water partition coefficient (Wildman–Crippen LogP) is 2.92. The first kappa shape index (κ1) is 14.3. The molecule has 0 unspecified atom stereocenters.